The summed E-state index contributed by atoms with van der Waals surface area (Å²) in [4.78, 5) is 11.5. The minimum atomic E-state index is -0.377. The van der Waals surface area contributed by atoms with Crippen LogP contribution in [0.1, 0.15) is 18.9 Å². The summed E-state index contributed by atoms with van der Waals surface area (Å²) in [6.07, 6.45) is 3.62. The van der Waals surface area contributed by atoms with Crippen molar-refractivity contribution in [2.45, 2.75) is 26.1 Å². The van der Waals surface area contributed by atoms with E-state index in [0.29, 0.717) is 4.48 Å². The molecule has 20 heavy (non-hydrogen) atoms. The molecule has 1 aromatic carbocycles. The molecular formula is C17H24NO2+. The van der Waals surface area contributed by atoms with E-state index in [1.807, 2.05) is 31.2 Å². The number of esters is 1. The molecule has 0 aromatic heterocycles. The largest absolute Gasteiger partial charge is 0.409 e. The lowest BCUT2D eigenvalue weighted by Gasteiger charge is -2.39. The van der Waals surface area contributed by atoms with Crippen molar-refractivity contribution in [3.8, 4) is 0 Å². The molecule has 1 aromatic rings. The molecule has 0 fully saturated rings. The first-order valence-corrected chi connectivity index (χ1v) is 6.87. The van der Waals surface area contributed by atoms with Crippen LogP contribution in [0.2, 0.25) is 0 Å². The van der Waals surface area contributed by atoms with E-state index in [-0.39, 0.29) is 12.2 Å². The number of ether oxygens (including phenoxy) is 1. The van der Waals surface area contributed by atoms with E-state index in [1.54, 1.807) is 0 Å². The smallest absolute Gasteiger partial charge is 0.334 e. The third kappa shape index (κ3) is 4.35. The number of carbonyl (C=O) groups is 1. The first-order valence-electron chi connectivity index (χ1n) is 6.87. The van der Waals surface area contributed by atoms with Crippen LogP contribution in [0.15, 0.2) is 55.6 Å². The maximum atomic E-state index is 11.5. The second-order valence-electron chi connectivity index (χ2n) is 5.10. The summed E-state index contributed by atoms with van der Waals surface area (Å²) in [6, 6.07) is 10.2. The van der Waals surface area contributed by atoms with Gasteiger partial charge in [-0.2, -0.15) is 0 Å². The molecule has 0 aliphatic rings. The van der Waals surface area contributed by atoms with Crippen LogP contribution in [0.25, 0.3) is 0 Å². The highest BCUT2D eigenvalue weighted by Gasteiger charge is 2.33. The number of hydrogen-bond acceptors (Lipinski definition) is 2. The molecule has 0 heterocycles. The number of benzene rings is 1. The first kappa shape index (κ1) is 16.2. The molecule has 108 valence electrons. The summed E-state index contributed by atoms with van der Waals surface area (Å²) < 4.78 is 6.09. The van der Waals surface area contributed by atoms with E-state index in [1.165, 1.54) is 11.6 Å². The van der Waals surface area contributed by atoms with Crippen molar-refractivity contribution >= 4 is 5.97 Å². The summed E-state index contributed by atoms with van der Waals surface area (Å²) in [6.45, 7) is 10.8. The molecule has 0 saturated heterocycles. The molecule has 0 aliphatic carbocycles. The molecule has 0 saturated carbocycles. The van der Waals surface area contributed by atoms with Gasteiger partial charge in [0.2, 0.25) is 6.23 Å². The molecule has 0 aliphatic heterocycles. The van der Waals surface area contributed by atoms with E-state index in [2.05, 4.69) is 32.3 Å². The zero-order valence-corrected chi connectivity index (χ0v) is 12.4. The van der Waals surface area contributed by atoms with Gasteiger partial charge >= 0.3 is 5.97 Å². The average Bonchev–Trinajstić information content (AvgIpc) is 2.45. The van der Waals surface area contributed by atoms with Crippen LogP contribution in [0.4, 0.5) is 0 Å². The molecule has 0 radical (unpaired) electrons. The third-order valence-electron chi connectivity index (χ3n) is 3.40. The van der Waals surface area contributed by atoms with E-state index >= 15 is 0 Å². The Kier molecular flexibility index (Phi) is 6.19. The van der Waals surface area contributed by atoms with Crippen LogP contribution in [-0.4, -0.2) is 30.3 Å². The Morgan fingerprint density at radius 2 is 2.00 bits per heavy atom. The Morgan fingerprint density at radius 3 is 2.50 bits per heavy atom. The van der Waals surface area contributed by atoms with Crippen molar-refractivity contribution in [1.29, 1.82) is 0 Å². The average molecular weight is 274 g/mol. The molecule has 2 atom stereocenters. The van der Waals surface area contributed by atoms with Gasteiger partial charge in [0, 0.05) is 18.1 Å². The molecule has 0 amide bonds. The van der Waals surface area contributed by atoms with E-state index in [0.717, 1.165) is 19.5 Å². The Hall–Kier alpha value is -1.87. The Morgan fingerprint density at radius 1 is 1.35 bits per heavy atom. The van der Waals surface area contributed by atoms with Gasteiger partial charge < -0.3 is 4.74 Å². The van der Waals surface area contributed by atoms with E-state index in [9.17, 15) is 4.79 Å². The lowest BCUT2D eigenvalue weighted by atomic mass is 10.1. The van der Waals surface area contributed by atoms with Gasteiger partial charge in [0.15, 0.2) is 0 Å². The summed E-state index contributed by atoms with van der Waals surface area (Å²) in [5, 5.41) is 0. The number of likely N-dealkylation sites (N-methyl/N-ethyl adjacent to an activating group) is 1. The van der Waals surface area contributed by atoms with Gasteiger partial charge in [0.1, 0.15) is 13.1 Å². The van der Waals surface area contributed by atoms with Gasteiger partial charge in [-0.15, -0.1) is 0 Å². The lowest BCUT2D eigenvalue weighted by molar-refractivity contribution is -0.959. The summed E-state index contributed by atoms with van der Waals surface area (Å²) in [7, 11) is 2.08. The summed E-state index contributed by atoms with van der Waals surface area (Å²) >= 11 is 0. The van der Waals surface area contributed by atoms with Crippen molar-refractivity contribution < 1.29 is 14.0 Å². The van der Waals surface area contributed by atoms with Crippen LogP contribution in [0.3, 0.4) is 0 Å². The number of carbonyl (C=O) groups excluding carboxylic acids is 1. The number of hydrogen-bond donors (Lipinski definition) is 0. The molecule has 3 nitrogen and oxygen atoms in total. The highest BCUT2D eigenvalue weighted by Crippen LogP contribution is 2.20. The van der Waals surface area contributed by atoms with Crippen LogP contribution < -0.4 is 0 Å². The van der Waals surface area contributed by atoms with Crippen molar-refractivity contribution in [1.82, 2.24) is 0 Å². The maximum absolute atomic E-state index is 11.5. The maximum Gasteiger partial charge on any atom is 0.334 e. The molecule has 2 unspecified atom stereocenters. The van der Waals surface area contributed by atoms with Crippen molar-refractivity contribution in [3.63, 3.8) is 0 Å². The fourth-order valence-electron chi connectivity index (χ4n) is 2.41. The minimum absolute atomic E-state index is 0.210. The van der Waals surface area contributed by atoms with Crippen LogP contribution >= 0.6 is 0 Å². The van der Waals surface area contributed by atoms with Gasteiger partial charge in [-0.1, -0.05) is 50.4 Å². The Balaban J connectivity index is 2.95. The van der Waals surface area contributed by atoms with Crippen LogP contribution in [0, 0.1) is 0 Å². The first-order chi connectivity index (χ1) is 9.55. The fraction of sp³-hybridized carbons (Fsp3) is 0.353. The zero-order valence-electron chi connectivity index (χ0n) is 12.4. The molecule has 0 bridgehead atoms. The summed E-state index contributed by atoms with van der Waals surface area (Å²) in [5.74, 6) is -0.377. The molecule has 3 heteroatoms. The van der Waals surface area contributed by atoms with Gasteiger partial charge in [0.25, 0.3) is 0 Å². The molecule has 0 N–H and O–H groups in total. The topological polar surface area (TPSA) is 26.3 Å². The van der Waals surface area contributed by atoms with Gasteiger partial charge in [-0.3, -0.25) is 4.48 Å². The third-order valence-corrected chi connectivity index (χ3v) is 3.40. The predicted molar refractivity (Wildman–Crippen MR) is 81.8 cm³/mol. The quantitative estimate of drug-likeness (QED) is 0.239. The van der Waals surface area contributed by atoms with E-state index < -0.39 is 0 Å². The SMILES string of the molecule is C=CC[N+](C)(Cc1ccccc1)C(CC)OC(=O)C=C. The van der Waals surface area contributed by atoms with Crippen LogP contribution in [0.5, 0.6) is 0 Å². The van der Waals surface area contributed by atoms with Crippen molar-refractivity contribution in [2.24, 2.45) is 0 Å². The predicted octanol–water partition coefficient (Wildman–Crippen LogP) is 3.28. The molecule has 0 spiro atoms. The molecule has 1 rings (SSSR count). The van der Waals surface area contributed by atoms with Gasteiger partial charge in [-0.05, 0) is 6.08 Å². The summed E-state index contributed by atoms with van der Waals surface area (Å²) in [5.41, 5.74) is 1.21. The van der Waals surface area contributed by atoms with Crippen molar-refractivity contribution in [3.05, 3.63) is 61.2 Å². The second-order valence-corrected chi connectivity index (χ2v) is 5.10. The fourth-order valence-corrected chi connectivity index (χ4v) is 2.41. The zero-order chi connectivity index (χ0) is 15.0. The Bertz CT molecular complexity index is 455. The number of nitrogens with zero attached hydrogens (tertiary/aromatic N) is 1. The normalized spacial score (nSPS) is 14.9. The van der Waals surface area contributed by atoms with Crippen LogP contribution in [-0.2, 0) is 16.1 Å². The standard InChI is InChI=1S/C17H24NO2/c1-5-13-18(4,14-15-11-9-8-10-12-15)16(6-2)20-17(19)7-3/h5,7-12,16H,1,3,6,13-14H2,2,4H3/q+1. The Labute approximate surface area is 121 Å². The minimum Gasteiger partial charge on any atom is -0.409 e. The van der Waals surface area contributed by atoms with Gasteiger partial charge in [0.05, 0.1) is 7.05 Å². The monoisotopic (exact) mass is 274 g/mol. The second kappa shape index (κ2) is 7.65. The van der Waals surface area contributed by atoms with Gasteiger partial charge in [-0.25, -0.2) is 4.79 Å². The molecular weight excluding hydrogens is 250 g/mol. The number of quaternary nitrogens is 1. The highest BCUT2D eigenvalue weighted by molar-refractivity contribution is 5.81. The number of rotatable bonds is 8. The van der Waals surface area contributed by atoms with E-state index in [4.69, 9.17) is 4.74 Å². The highest BCUT2D eigenvalue weighted by atomic mass is 16.6. The lowest BCUT2D eigenvalue weighted by Crippen LogP contribution is -2.53. The van der Waals surface area contributed by atoms with Crippen molar-refractivity contribution in [2.75, 3.05) is 13.6 Å².